The molecule has 1 aliphatic carbocycles. The van der Waals surface area contributed by atoms with Gasteiger partial charge in [0, 0.05) is 5.57 Å². The van der Waals surface area contributed by atoms with Crippen molar-refractivity contribution >= 4 is 11.4 Å². The Hall–Kier alpha value is -2.87. The summed E-state index contributed by atoms with van der Waals surface area (Å²) in [6, 6.07) is 14.3. The van der Waals surface area contributed by atoms with Crippen LogP contribution in [0.15, 0.2) is 71.3 Å². The third kappa shape index (κ3) is 4.12. The van der Waals surface area contributed by atoms with Crippen molar-refractivity contribution < 1.29 is 9.90 Å². The molecule has 0 atom stereocenters. The molecular formula is C27H30O2. The highest BCUT2D eigenvalue weighted by molar-refractivity contribution is 6.08. The summed E-state index contributed by atoms with van der Waals surface area (Å²) in [5.74, 6) is 0.802. The molecule has 0 aliphatic heterocycles. The Labute approximate surface area is 174 Å². The van der Waals surface area contributed by atoms with Gasteiger partial charge in [-0.2, -0.15) is 0 Å². The van der Waals surface area contributed by atoms with Crippen LogP contribution in [0.1, 0.15) is 62.8 Å². The first kappa shape index (κ1) is 20.9. The number of phenols is 1. The maximum atomic E-state index is 12.5. The summed E-state index contributed by atoms with van der Waals surface area (Å²) in [4.78, 5) is 12.5. The maximum Gasteiger partial charge on any atom is 0.182 e. The lowest BCUT2D eigenvalue weighted by atomic mass is 9.81. The molecule has 1 N–H and O–H groups in total. The molecule has 0 spiro atoms. The van der Waals surface area contributed by atoms with Crippen molar-refractivity contribution in [1.82, 2.24) is 0 Å². The van der Waals surface area contributed by atoms with Crippen LogP contribution in [0.3, 0.4) is 0 Å². The van der Waals surface area contributed by atoms with E-state index in [9.17, 15) is 9.90 Å². The number of carbonyl (C=O) groups excluding carboxylic acids is 1. The molecule has 0 bridgehead atoms. The summed E-state index contributed by atoms with van der Waals surface area (Å²) >= 11 is 0. The van der Waals surface area contributed by atoms with Gasteiger partial charge in [0.25, 0.3) is 0 Å². The van der Waals surface area contributed by atoms with E-state index in [1.54, 1.807) is 6.08 Å². The number of phenolic OH excluding ortho intramolecular Hbond substituents is 1. The Kier molecular flexibility index (Phi) is 5.93. The molecule has 0 fully saturated rings. The summed E-state index contributed by atoms with van der Waals surface area (Å²) < 4.78 is 0. The monoisotopic (exact) mass is 386 g/mol. The number of aryl methyl sites for hydroxylation is 1. The molecule has 2 nitrogen and oxygen atoms in total. The molecule has 2 aromatic carbocycles. The van der Waals surface area contributed by atoms with Gasteiger partial charge in [-0.25, -0.2) is 0 Å². The number of ketones is 1. The topological polar surface area (TPSA) is 37.3 Å². The van der Waals surface area contributed by atoms with Gasteiger partial charge in [-0.05, 0) is 88.9 Å². The molecule has 150 valence electrons. The van der Waals surface area contributed by atoms with Gasteiger partial charge < -0.3 is 5.11 Å². The molecule has 2 aromatic rings. The summed E-state index contributed by atoms with van der Waals surface area (Å²) in [6.45, 7) is 12.3. The highest BCUT2D eigenvalue weighted by Crippen LogP contribution is 2.39. The van der Waals surface area contributed by atoms with E-state index in [1.165, 1.54) is 0 Å². The number of benzene rings is 2. The number of hydrogen-bond donors (Lipinski definition) is 1. The Morgan fingerprint density at radius 3 is 2.14 bits per heavy atom. The van der Waals surface area contributed by atoms with Gasteiger partial charge in [0.2, 0.25) is 0 Å². The van der Waals surface area contributed by atoms with Gasteiger partial charge in [0.05, 0.1) is 0 Å². The molecule has 0 aromatic heterocycles. The van der Waals surface area contributed by atoms with E-state index in [2.05, 4.69) is 52.0 Å². The maximum absolute atomic E-state index is 12.5. The minimum atomic E-state index is 0.0963. The van der Waals surface area contributed by atoms with Crippen molar-refractivity contribution in [3.63, 3.8) is 0 Å². The Morgan fingerprint density at radius 1 is 0.897 bits per heavy atom. The average Bonchev–Trinajstić information content (AvgIpc) is 2.65. The van der Waals surface area contributed by atoms with E-state index in [4.69, 9.17) is 0 Å². The van der Waals surface area contributed by atoms with Crippen LogP contribution in [-0.4, -0.2) is 10.9 Å². The molecule has 29 heavy (non-hydrogen) atoms. The van der Waals surface area contributed by atoms with Gasteiger partial charge >= 0.3 is 0 Å². The van der Waals surface area contributed by atoms with E-state index in [1.807, 2.05) is 38.1 Å². The normalized spacial score (nSPS) is 16.2. The second kappa shape index (κ2) is 8.24. The SMILES string of the molecule is CC1=CC(=O)C(C(C)C)=C/C1=C(/c1ccccc1)c1cc(C(C)C)c(O)cc1C. The molecule has 0 saturated carbocycles. The first-order valence-electron chi connectivity index (χ1n) is 10.3. The van der Waals surface area contributed by atoms with Crippen LogP contribution in [0.4, 0.5) is 0 Å². The average molecular weight is 387 g/mol. The van der Waals surface area contributed by atoms with E-state index < -0.39 is 0 Å². The molecule has 0 heterocycles. The highest BCUT2D eigenvalue weighted by atomic mass is 16.3. The third-order valence-electron chi connectivity index (χ3n) is 5.58. The molecule has 1 aliphatic rings. The van der Waals surface area contributed by atoms with E-state index >= 15 is 0 Å². The van der Waals surface area contributed by atoms with Crippen LogP contribution in [0.5, 0.6) is 5.75 Å². The zero-order valence-corrected chi connectivity index (χ0v) is 18.2. The number of allylic oxidation sites excluding steroid dienone is 5. The van der Waals surface area contributed by atoms with Crippen LogP contribution in [-0.2, 0) is 4.79 Å². The van der Waals surface area contributed by atoms with Crippen molar-refractivity contribution in [2.24, 2.45) is 5.92 Å². The fourth-order valence-electron chi connectivity index (χ4n) is 3.92. The predicted octanol–water partition coefficient (Wildman–Crippen LogP) is 6.74. The summed E-state index contributed by atoms with van der Waals surface area (Å²) in [5.41, 5.74) is 8.12. The number of carbonyl (C=O) groups is 1. The Morgan fingerprint density at radius 2 is 1.55 bits per heavy atom. The first-order chi connectivity index (χ1) is 13.7. The lowest BCUT2D eigenvalue weighted by Crippen LogP contribution is -2.12. The smallest absolute Gasteiger partial charge is 0.182 e. The predicted molar refractivity (Wildman–Crippen MR) is 121 cm³/mol. The Bertz CT molecular complexity index is 1030. The van der Waals surface area contributed by atoms with Gasteiger partial charge in [-0.15, -0.1) is 0 Å². The molecule has 0 amide bonds. The van der Waals surface area contributed by atoms with Crippen molar-refractivity contribution in [2.45, 2.75) is 47.5 Å². The van der Waals surface area contributed by atoms with E-state index in [0.29, 0.717) is 5.75 Å². The van der Waals surface area contributed by atoms with Crippen LogP contribution < -0.4 is 0 Å². The van der Waals surface area contributed by atoms with Crippen LogP contribution >= 0.6 is 0 Å². The van der Waals surface area contributed by atoms with Gasteiger partial charge in [-0.1, -0.05) is 58.0 Å². The van der Waals surface area contributed by atoms with Gasteiger partial charge in [0.15, 0.2) is 5.78 Å². The summed E-state index contributed by atoms with van der Waals surface area (Å²) in [6.07, 6.45) is 3.82. The van der Waals surface area contributed by atoms with E-state index in [0.717, 1.165) is 44.5 Å². The molecule has 2 heteroatoms. The molecular weight excluding hydrogens is 356 g/mol. The lowest BCUT2D eigenvalue weighted by Gasteiger charge is -2.23. The van der Waals surface area contributed by atoms with Crippen molar-refractivity contribution in [3.8, 4) is 5.75 Å². The number of aromatic hydroxyl groups is 1. The second-order valence-electron chi connectivity index (χ2n) is 8.48. The van der Waals surface area contributed by atoms with Gasteiger partial charge in [0.1, 0.15) is 5.75 Å². The van der Waals surface area contributed by atoms with Crippen LogP contribution in [0.25, 0.3) is 5.57 Å². The molecule has 0 saturated heterocycles. The van der Waals surface area contributed by atoms with Crippen molar-refractivity contribution in [1.29, 1.82) is 0 Å². The number of hydrogen-bond acceptors (Lipinski definition) is 2. The molecule has 3 rings (SSSR count). The fourth-order valence-corrected chi connectivity index (χ4v) is 3.92. The largest absolute Gasteiger partial charge is 0.508 e. The summed E-state index contributed by atoms with van der Waals surface area (Å²) in [7, 11) is 0. The molecule has 0 unspecified atom stereocenters. The fraction of sp³-hybridized carbons (Fsp3) is 0.296. The van der Waals surface area contributed by atoms with Crippen LogP contribution in [0, 0.1) is 12.8 Å². The summed E-state index contributed by atoms with van der Waals surface area (Å²) in [5, 5.41) is 10.5. The van der Waals surface area contributed by atoms with Crippen LogP contribution in [0.2, 0.25) is 0 Å². The Balaban J connectivity index is 2.40. The quantitative estimate of drug-likeness (QED) is 0.632. The number of rotatable bonds is 4. The van der Waals surface area contributed by atoms with E-state index in [-0.39, 0.29) is 17.6 Å². The first-order valence-corrected chi connectivity index (χ1v) is 10.3. The second-order valence-corrected chi connectivity index (χ2v) is 8.48. The van der Waals surface area contributed by atoms with Gasteiger partial charge in [-0.3, -0.25) is 4.79 Å². The zero-order chi connectivity index (χ0) is 21.3. The lowest BCUT2D eigenvalue weighted by molar-refractivity contribution is -0.111. The minimum absolute atomic E-state index is 0.0963. The third-order valence-corrected chi connectivity index (χ3v) is 5.58. The highest BCUT2D eigenvalue weighted by Gasteiger charge is 2.23. The van der Waals surface area contributed by atoms with Crippen molar-refractivity contribution in [2.75, 3.05) is 0 Å². The minimum Gasteiger partial charge on any atom is -0.508 e. The standard InChI is InChI=1S/C27H30O2/c1-16(2)21-14-23(18(5)12-25(21)28)27(20-10-8-7-9-11-20)24-15-22(17(3)4)26(29)13-19(24)6/h7-17,28H,1-6H3/b27-24+. The molecule has 0 radical (unpaired) electrons. The zero-order valence-electron chi connectivity index (χ0n) is 18.2. The van der Waals surface area contributed by atoms with Crippen molar-refractivity contribution in [3.05, 3.63) is 93.6 Å².